The molecule has 1 aromatic rings. The molecule has 58 valence electrons. The summed E-state index contributed by atoms with van der Waals surface area (Å²) in [6, 6.07) is 2.93. The van der Waals surface area contributed by atoms with E-state index in [4.69, 9.17) is 4.42 Å². The summed E-state index contributed by atoms with van der Waals surface area (Å²) in [5, 5.41) is 0. The normalized spacial score (nSPS) is 10.7. The molecule has 0 N–H and O–H groups in total. The average Bonchev–Trinajstić information content (AvgIpc) is 1.85. The average molecular weight is 150 g/mol. The summed E-state index contributed by atoms with van der Waals surface area (Å²) in [6.07, 6.45) is 3.59. The highest BCUT2D eigenvalue weighted by molar-refractivity contribution is 5.41. The lowest BCUT2D eigenvalue weighted by molar-refractivity contribution is 0.505. The molecule has 0 aromatic carbocycles. The summed E-state index contributed by atoms with van der Waals surface area (Å²) in [5.74, 6) is 1.25. The van der Waals surface area contributed by atoms with Crippen molar-refractivity contribution in [2.24, 2.45) is 0 Å². The van der Waals surface area contributed by atoms with E-state index >= 15 is 0 Å². The lowest BCUT2D eigenvalue weighted by Crippen LogP contribution is -1.97. The monoisotopic (exact) mass is 150 g/mol. The maximum atomic E-state index is 10.9. The predicted molar refractivity (Wildman–Crippen MR) is 44.4 cm³/mol. The summed E-state index contributed by atoms with van der Waals surface area (Å²) in [4.78, 5) is 10.9. The second kappa shape index (κ2) is 3.19. The van der Waals surface area contributed by atoms with Gasteiger partial charge in [-0.1, -0.05) is 6.08 Å². The van der Waals surface area contributed by atoms with Gasteiger partial charge in [-0.2, -0.15) is 0 Å². The number of hydrogen-bond donors (Lipinski definition) is 0. The Kier molecular flexibility index (Phi) is 2.26. The Labute approximate surface area is 65.2 Å². The zero-order valence-corrected chi connectivity index (χ0v) is 6.63. The van der Waals surface area contributed by atoms with Gasteiger partial charge < -0.3 is 4.42 Å². The summed E-state index contributed by atoms with van der Waals surface area (Å²) >= 11 is 0. The molecule has 0 saturated carbocycles. The first-order valence-electron chi connectivity index (χ1n) is 3.47. The van der Waals surface area contributed by atoms with Crippen LogP contribution in [0.4, 0.5) is 0 Å². The van der Waals surface area contributed by atoms with Crippen LogP contribution in [0.25, 0.3) is 6.08 Å². The Bertz CT molecular complexity index is 321. The Balaban J connectivity index is 3.19. The summed E-state index contributed by atoms with van der Waals surface area (Å²) < 4.78 is 5.21. The number of rotatable bonds is 1. The van der Waals surface area contributed by atoms with Crippen molar-refractivity contribution in [2.75, 3.05) is 0 Å². The zero-order valence-electron chi connectivity index (χ0n) is 6.63. The zero-order chi connectivity index (χ0) is 8.27. The van der Waals surface area contributed by atoms with Gasteiger partial charge in [-0.3, -0.25) is 4.79 Å². The van der Waals surface area contributed by atoms with Crippen molar-refractivity contribution in [2.45, 2.75) is 13.8 Å². The summed E-state index contributed by atoms with van der Waals surface area (Å²) in [6.45, 7) is 3.64. The molecule has 0 bridgehead atoms. The van der Waals surface area contributed by atoms with Crippen molar-refractivity contribution >= 4 is 6.08 Å². The molecule has 2 nitrogen and oxygen atoms in total. The van der Waals surface area contributed by atoms with Gasteiger partial charge in [-0.15, -0.1) is 0 Å². The second-order valence-electron chi connectivity index (χ2n) is 2.31. The van der Waals surface area contributed by atoms with Crippen LogP contribution in [0.3, 0.4) is 0 Å². The lowest BCUT2D eigenvalue weighted by atomic mass is 10.3. The first kappa shape index (κ1) is 7.79. The maximum Gasteiger partial charge on any atom is 0.185 e. The molecular formula is C9H10O2. The third kappa shape index (κ3) is 2.08. The van der Waals surface area contributed by atoms with E-state index in [0.717, 1.165) is 0 Å². The van der Waals surface area contributed by atoms with Crippen molar-refractivity contribution in [3.8, 4) is 0 Å². The van der Waals surface area contributed by atoms with Gasteiger partial charge in [-0.25, -0.2) is 0 Å². The molecule has 1 rings (SSSR count). The minimum absolute atomic E-state index is 0.0122. The third-order valence-electron chi connectivity index (χ3n) is 1.24. The summed E-state index contributed by atoms with van der Waals surface area (Å²) in [5.41, 5.74) is -0.0122. The molecule has 0 radical (unpaired) electrons. The molecule has 0 fully saturated rings. The highest BCUT2D eigenvalue weighted by atomic mass is 16.3. The highest BCUT2D eigenvalue weighted by Crippen LogP contribution is 2.01. The van der Waals surface area contributed by atoms with Crippen molar-refractivity contribution in [3.05, 3.63) is 40.0 Å². The predicted octanol–water partition coefficient (Wildman–Crippen LogP) is 1.98. The Morgan fingerprint density at radius 3 is 2.73 bits per heavy atom. The Morgan fingerprint density at radius 1 is 1.45 bits per heavy atom. The highest BCUT2D eigenvalue weighted by Gasteiger charge is 1.92. The van der Waals surface area contributed by atoms with E-state index in [0.29, 0.717) is 11.5 Å². The van der Waals surface area contributed by atoms with E-state index in [1.807, 2.05) is 13.0 Å². The van der Waals surface area contributed by atoms with Crippen LogP contribution in [0.15, 0.2) is 27.4 Å². The van der Waals surface area contributed by atoms with Gasteiger partial charge >= 0.3 is 0 Å². The van der Waals surface area contributed by atoms with Gasteiger partial charge in [0.2, 0.25) is 0 Å². The Hall–Kier alpha value is -1.31. The Morgan fingerprint density at radius 2 is 2.18 bits per heavy atom. The number of allylic oxidation sites excluding steroid dienone is 1. The molecule has 0 unspecified atom stereocenters. The molecule has 0 aliphatic rings. The van der Waals surface area contributed by atoms with Crippen LogP contribution in [0.1, 0.15) is 18.4 Å². The van der Waals surface area contributed by atoms with Crippen LogP contribution in [-0.2, 0) is 0 Å². The van der Waals surface area contributed by atoms with Gasteiger partial charge in [0, 0.05) is 12.1 Å². The molecule has 2 heteroatoms. The molecule has 0 aliphatic carbocycles. The van der Waals surface area contributed by atoms with Gasteiger partial charge in [-0.05, 0) is 19.9 Å². The van der Waals surface area contributed by atoms with Gasteiger partial charge in [0.25, 0.3) is 0 Å². The minimum Gasteiger partial charge on any atom is -0.462 e. The summed E-state index contributed by atoms with van der Waals surface area (Å²) in [7, 11) is 0. The third-order valence-corrected chi connectivity index (χ3v) is 1.24. The van der Waals surface area contributed by atoms with Gasteiger partial charge in [0.15, 0.2) is 5.43 Å². The van der Waals surface area contributed by atoms with Crippen LogP contribution in [0.2, 0.25) is 0 Å². The van der Waals surface area contributed by atoms with Crippen LogP contribution >= 0.6 is 0 Å². The first-order chi connectivity index (χ1) is 5.22. The van der Waals surface area contributed by atoms with Crippen LogP contribution in [-0.4, -0.2) is 0 Å². The van der Waals surface area contributed by atoms with Crippen LogP contribution < -0.4 is 5.43 Å². The molecular weight excluding hydrogens is 140 g/mol. The fourth-order valence-corrected chi connectivity index (χ4v) is 0.873. The van der Waals surface area contributed by atoms with E-state index in [2.05, 4.69) is 0 Å². The van der Waals surface area contributed by atoms with E-state index in [9.17, 15) is 4.79 Å². The van der Waals surface area contributed by atoms with Crippen LogP contribution in [0.5, 0.6) is 0 Å². The maximum absolute atomic E-state index is 10.9. The lowest BCUT2D eigenvalue weighted by Gasteiger charge is -1.93. The SMILES string of the molecule is C/C=C/c1cc(=O)cc(C)o1. The van der Waals surface area contributed by atoms with E-state index in [-0.39, 0.29) is 5.43 Å². The second-order valence-corrected chi connectivity index (χ2v) is 2.31. The van der Waals surface area contributed by atoms with E-state index < -0.39 is 0 Å². The standard InChI is InChI=1S/C9H10O2/c1-3-4-9-6-8(10)5-7(2)11-9/h3-6H,1-2H3/b4-3+. The quantitative estimate of drug-likeness (QED) is 0.612. The van der Waals surface area contributed by atoms with Crippen LogP contribution in [0, 0.1) is 6.92 Å². The number of aryl methyl sites for hydroxylation is 1. The van der Waals surface area contributed by atoms with E-state index in [1.165, 1.54) is 12.1 Å². The fourth-order valence-electron chi connectivity index (χ4n) is 0.873. The van der Waals surface area contributed by atoms with Gasteiger partial charge in [0.1, 0.15) is 11.5 Å². The van der Waals surface area contributed by atoms with Crippen molar-refractivity contribution < 1.29 is 4.42 Å². The molecule has 0 amide bonds. The molecule has 11 heavy (non-hydrogen) atoms. The van der Waals surface area contributed by atoms with Crippen molar-refractivity contribution in [1.29, 1.82) is 0 Å². The minimum atomic E-state index is -0.0122. The first-order valence-corrected chi connectivity index (χ1v) is 3.47. The molecule has 1 heterocycles. The largest absolute Gasteiger partial charge is 0.462 e. The van der Waals surface area contributed by atoms with E-state index in [1.54, 1.807) is 13.0 Å². The molecule has 0 aliphatic heterocycles. The van der Waals surface area contributed by atoms with Crippen molar-refractivity contribution in [3.63, 3.8) is 0 Å². The molecule has 0 saturated heterocycles. The number of hydrogen-bond acceptors (Lipinski definition) is 2. The van der Waals surface area contributed by atoms with Crippen molar-refractivity contribution in [1.82, 2.24) is 0 Å². The molecule has 1 aromatic heterocycles. The molecule has 0 spiro atoms. The molecule has 0 atom stereocenters. The van der Waals surface area contributed by atoms with Gasteiger partial charge in [0.05, 0.1) is 0 Å². The topological polar surface area (TPSA) is 30.2 Å². The smallest absolute Gasteiger partial charge is 0.185 e. The fraction of sp³-hybridized carbons (Fsp3) is 0.222.